The molecular weight excluding hydrogens is 429 g/mol. The van der Waals surface area contributed by atoms with Crippen LogP contribution in [-0.4, -0.2) is 73.9 Å². The standard InChI is InChI=1S/C23H26FN5O2S/c1-27(32(30,31)21-5-3-2-4-6-21)13-14-28-15-17-29(18-16-28)23-22(25-11-12-26-23)19-7-9-20(24)10-8-19/h2-12H,13-18H2,1H3. The normalized spacial score (nSPS) is 15.3. The Balaban J connectivity index is 1.36. The van der Waals surface area contributed by atoms with Gasteiger partial charge in [0.2, 0.25) is 10.0 Å². The summed E-state index contributed by atoms with van der Waals surface area (Å²) in [5, 5.41) is 0. The zero-order valence-corrected chi connectivity index (χ0v) is 18.7. The minimum atomic E-state index is -3.48. The Labute approximate surface area is 188 Å². The molecule has 0 aliphatic carbocycles. The Bertz CT molecular complexity index is 1130. The van der Waals surface area contributed by atoms with Crippen molar-refractivity contribution in [2.45, 2.75) is 4.90 Å². The van der Waals surface area contributed by atoms with Gasteiger partial charge in [-0.05, 0) is 36.4 Å². The summed E-state index contributed by atoms with van der Waals surface area (Å²) in [6, 6.07) is 14.8. The molecule has 0 unspecified atom stereocenters. The van der Waals surface area contributed by atoms with E-state index in [2.05, 4.69) is 19.8 Å². The molecule has 9 heteroatoms. The first-order chi connectivity index (χ1) is 15.4. The molecule has 1 aromatic heterocycles. The van der Waals surface area contributed by atoms with E-state index in [1.165, 1.54) is 16.4 Å². The van der Waals surface area contributed by atoms with Gasteiger partial charge < -0.3 is 4.90 Å². The summed E-state index contributed by atoms with van der Waals surface area (Å²) in [7, 11) is -1.86. The highest BCUT2D eigenvalue weighted by Gasteiger charge is 2.24. The van der Waals surface area contributed by atoms with E-state index in [9.17, 15) is 12.8 Å². The Morgan fingerprint density at radius 3 is 2.28 bits per heavy atom. The van der Waals surface area contributed by atoms with E-state index in [-0.39, 0.29) is 5.82 Å². The number of aromatic nitrogens is 2. The molecule has 3 aromatic rings. The molecule has 168 valence electrons. The molecule has 0 N–H and O–H groups in total. The van der Waals surface area contributed by atoms with Crippen LogP contribution in [0, 0.1) is 5.82 Å². The molecule has 2 heterocycles. The van der Waals surface area contributed by atoms with Crippen molar-refractivity contribution < 1.29 is 12.8 Å². The third-order valence-electron chi connectivity index (χ3n) is 5.65. The first-order valence-electron chi connectivity index (χ1n) is 10.5. The highest BCUT2D eigenvalue weighted by molar-refractivity contribution is 7.89. The molecule has 4 rings (SSSR count). The zero-order valence-electron chi connectivity index (χ0n) is 17.9. The lowest BCUT2D eigenvalue weighted by atomic mass is 10.1. The fourth-order valence-electron chi connectivity index (χ4n) is 3.73. The molecule has 1 aliphatic heterocycles. The van der Waals surface area contributed by atoms with Gasteiger partial charge in [-0.3, -0.25) is 9.88 Å². The van der Waals surface area contributed by atoms with E-state index in [4.69, 9.17) is 0 Å². The van der Waals surface area contributed by atoms with Crippen molar-refractivity contribution in [1.82, 2.24) is 19.2 Å². The minimum Gasteiger partial charge on any atom is -0.352 e. The lowest BCUT2D eigenvalue weighted by Gasteiger charge is -2.36. The monoisotopic (exact) mass is 455 g/mol. The van der Waals surface area contributed by atoms with Crippen molar-refractivity contribution in [2.75, 3.05) is 51.2 Å². The lowest BCUT2D eigenvalue weighted by molar-refractivity contribution is 0.243. The second-order valence-corrected chi connectivity index (χ2v) is 9.75. The molecule has 7 nitrogen and oxygen atoms in total. The Morgan fingerprint density at radius 1 is 0.938 bits per heavy atom. The topological polar surface area (TPSA) is 69.6 Å². The molecule has 0 atom stereocenters. The van der Waals surface area contributed by atoms with Gasteiger partial charge >= 0.3 is 0 Å². The van der Waals surface area contributed by atoms with Gasteiger partial charge in [-0.2, -0.15) is 4.31 Å². The predicted octanol–water partition coefficient (Wildman–Crippen LogP) is 2.73. The van der Waals surface area contributed by atoms with Crippen LogP contribution in [0.3, 0.4) is 0 Å². The van der Waals surface area contributed by atoms with E-state index in [1.54, 1.807) is 61.9 Å². The number of hydrogen-bond acceptors (Lipinski definition) is 6. The number of hydrogen-bond donors (Lipinski definition) is 0. The van der Waals surface area contributed by atoms with Gasteiger partial charge in [-0.25, -0.2) is 17.8 Å². The summed E-state index contributed by atoms with van der Waals surface area (Å²) in [6.45, 7) is 4.16. The first kappa shape index (κ1) is 22.3. The second kappa shape index (κ2) is 9.72. The van der Waals surface area contributed by atoms with E-state index in [1.807, 2.05) is 0 Å². The van der Waals surface area contributed by atoms with Gasteiger partial charge in [0, 0.05) is 64.3 Å². The number of piperazine rings is 1. The fraction of sp³-hybridized carbons (Fsp3) is 0.304. The van der Waals surface area contributed by atoms with Crippen LogP contribution in [0.1, 0.15) is 0 Å². The number of likely N-dealkylation sites (N-methyl/N-ethyl adjacent to an activating group) is 1. The number of nitrogens with zero attached hydrogens (tertiary/aromatic N) is 5. The number of anilines is 1. The van der Waals surface area contributed by atoms with Gasteiger partial charge in [0.1, 0.15) is 11.5 Å². The van der Waals surface area contributed by atoms with E-state index in [0.717, 1.165) is 43.3 Å². The first-order valence-corrected chi connectivity index (χ1v) is 11.9. The van der Waals surface area contributed by atoms with Gasteiger partial charge in [0.05, 0.1) is 4.90 Å². The SMILES string of the molecule is CN(CCN1CCN(c2nccnc2-c2ccc(F)cc2)CC1)S(=O)(=O)c1ccccc1. The van der Waals surface area contributed by atoms with Gasteiger partial charge in [-0.15, -0.1) is 0 Å². The fourth-order valence-corrected chi connectivity index (χ4v) is 4.91. The van der Waals surface area contributed by atoms with Crippen LogP contribution >= 0.6 is 0 Å². The van der Waals surface area contributed by atoms with Gasteiger partial charge in [0.25, 0.3) is 0 Å². The van der Waals surface area contributed by atoms with Crippen molar-refractivity contribution in [2.24, 2.45) is 0 Å². The summed E-state index contributed by atoms with van der Waals surface area (Å²) < 4.78 is 40.1. The largest absolute Gasteiger partial charge is 0.352 e. The number of halogens is 1. The Morgan fingerprint density at radius 2 is 1.59 bits per heavy atom. The molecule has 32 heavy (non-hydrogen) atoms. The van der Waals surface area contributed by atoms with Crippen molar-refractivity contribution in [1.29, 1.82) is 0 Å². The minimum absolute atomic E-state index is 0.285. The summed E-state index contributed by atoms with van der Waals surface area (Å²) in [5.41, 5.74) is 1.55. The van der Waals surface area contributed by atoms with Crippen LogP contribution in [0.2, 0.25) is 0 Å². The van der Waals surface area contributed by atoms with Crippen LogP contribution in [0.5, 0.6) is 0 Å². The number of benzene rings is 2. The molecule has 0 saturated carbocycles. The molecule has 0 bridgehead atoms. The smallest absolute Gasteiger partial charge is 0.242 e. The van der Waals surface area contributed by atoms with Crippen molar-refractivity contribution >= 4 is 15.8 Å². The van der Waals surface area contributed by atoms with E-state index in [0.29, 0.717) is 18.0 Å². The van der Waals surface area contributed by atoms with E-state index >= 15 is 0 Å². The van der Waals surface area contributed by atoms with Gasteiger partial charge in [-0.1, -0.05) is 18.2 Å². The van der Waals surface area contributed by atoms with Crippen LogP contribution in [0.25, 0.3) is 11.3 Å². The van der Waals surface area contributed by atoms with Crippen molar-refractivity contribution in [3.63, 3.8) is 0 Å². The van der Waals surface area contributed by atoms with Crippen LogP contribution in [-0.2, 0) is 10.0 Å². The molecule has 1 saturated heterocycles. The maximum Gasteiger partial charge on any atom is 0.242 e. The zero-order chi connectivity index (χ0) is 22.6. The van der Waals surface area contributed by atoms with Crippen LogP contribution in [0.15, 0.2) is 71.9 Å². The van der Waals surface area contributed by atoms with Crippen molar-refractivity contribution in [3.05, 3.63) is 72.8 Å². The highest BCUT2D eigenvalue weighted by Crippen LogP contribution is 2.27. The molecular formula is C23H26FN5O2S. The average molecular weight is 456 g/mol. The van der Waals surface area contributed by atoms with E-state index < -0.39 is 10.0 Å². The maximum absolute atomic E-state index is 13.3. The summed E-state index contributed by atoms with van der Waals surface area (Å²) in [4.78, 5) is 13.7. The second-order valence-electron chi connectivity index (χ2n) is 7.70. The molecule has 2 aromatic carbocycles. The van der Waals surface area contributed by atoms with Crippen molar-refractivity contribution in [3.8, 4) is 11.3 Å². The summed E-state index contributed by atoms with van der Waals surface area (Å²) in [5.74, 6) is 0.495. The predicted molar refractivity (Wildman–Crippen MR) is 122 cm³/mol. The quantitative estimate of drug-likeness (QED) is 0.546. The van der Waals surface area contributed by atoms with Crippen LogP contribution < -0.4 is 4.90 Å². The van der Waals surface area contributed by atoms with Crippen LogP contribution in [0.4, 0.5) is 10.2 Å². The molecule has 0 spiro atoms. The number of sulfonamides is 1. The van der Waals surface area contributed by atoms with Gasteiger partial charge in [0.15, 0.2) is 5.82 Å². The number of rotatable bonds is 7. The molecule has 0 radical (unpaired) electrons. The Hall–Kier alpha value is -2.88. The molecule has 0 amide bonds. The third-order valence-corrected chi connectivity index (χ3v) is 7.52. The summed E-state index contributed by atoms with van der Waals surface area (Å²) >= 11 is 0. The average Bonchev–Trinajstić information content (AvgIpc) is 2.84. The third kappa shape index (κ3) is 4.95. The maximum atomic E-state index is 13.3. The molecule has 1 aliphatic rings. The highest BCUT2D eigenvalue weighted by atomic mass is 32.2. The summed E-state index contributed by atoms with van der Waals surface area (Å²) in [6.07, 6.45) is 3.31. The molecule has 1 fully saturated rings. The lowest BCUT2D eigenvalue weighted by Crippen LogP contribution is -2.49. The Kier molecular flexibility index (Phi) is 6.78.